The molecule has 5 rings (SSSR count). The van der Waals surface area contributed by atoms with E-state index in [2.05, 4.69) is 29.6 Å². The third-order valence-electron chi connectivity index (χ3n) is 8.13. The topological polar surface area (TPSA) is 58.6 Å². The number of nitrogens with zero attached hydrogens (tertiary/aromatic N) is 1. The largest absolute Gasteiger partial charge is 0.496 e. The number of rotatable bonds is 6. The average Bonchev–Trinajstić information content (AvgIpc) is 3.45. The molecule has 3 fully saturated rings. The maximum absolute atomic E-state index is 13.1. The van der Waals surface area contributed by atoms with E-state index >= 15 is 0 Å². The molecule has 1 N–H and O–H groups in total. The van der Waals surface area contributed by atoms with Gasteiger partial charge in [0.1, 0.15) is 5.75 Å². The number of ether oxygens (including phenoxy) is 1. The summed E-state index contributed by atoms with van der Waals surface area (Å²) in [6.45, 7) is 1.20. The first-order chi connectivity index (χ1) is 15.5. The summed E-state index contributed by atoms with van der Waals surface area (Å²) in [4.78, 5) is 28.1. The van der Waals surface area contributed by atoms with E-state index in [-0.39, 0.29) is 17.7 Å². The maximum Gasteiger partial charge on any atom is 0.228 e. The molecule has 1 aliphatic heterocycles. The van der Waals surface area contributed by atoms with Crippen LogP contribution in [0.2, 0.25) is 0 Å². The lowest BCUT2D eigenvalue weighted by Crippen LogP contribution is -2.44. The minimum absolute atomic E-state index is 0.0377. The standard InChI is InChI=1S/C27H32N2O3/c1-28-25(31)27(14-15-29(18-27)24(30)22-17-26(22)12-5-13-26)16-19-8-10-20(11-9-19)21-6-3-4-7-23(21)32-2/h3-4,6-11,22H,5,12-18H2,1-2H3,(H,28,31)/t22-,27+/m0/s1. The molecule has 2 aromatic rings. The molecule has 0 unspecified atom stereocenters. The van der Waals surface area contributed by atoms with Gasteiger partial charge < -0.3 is 15.0 Å². The lowest BCUT2D eigenvalue weighted by atomic mass is 9.79. The Labute approximate surface area is 190 Å². The molecule has 0 bridgehead atoms. The number of hydrogen-bond donors (Lipinski definition) is 1. The summed E-state index contributed by atoms with van der Waals surface area (Å²) in [6.07, 6.45) is 6.08. The Kier molecular flexibility index (Phi) is 5.23. The number of benzene rings is 2. The third-order valence-corrected chi connectivity index (χ3v) is 8.13. The zero-order valence-electron chi connectivity index (χ0n) is 19.0. The van der Waals surface area contributed by atoms with Gasteiger partial charge in [-0.15, -0.1) is 0 Å². The van der Waals surface area contributed by atoms with Crippen molar-refractivity contribution >= 4 is 11.8 Å². The summed E-state index contributed by atoms with van der Waals surface area (Å²) in [5.74, 6) is 1.37. The van der Waals surface area contributed by atoms with Crippen LogP contribution in [0.1, 0.15) is 37.7 Å². The van der Waals surface area contributed by atoms with E-state index in [4.69, 9.17) is 4.74 Å². The van der Waals surface area contributed by atoms with Crippen LogP contribution < -0.4 is 10.1 Å². The Morgan fingerprint density at radius 3 is 2.47 bits per heavy atom. The number of hydrogen-bond acceptors (Lipinski definition) is 3. The fourth-order valence-corrected chi connectivity index (χ4v) is 5.91. The van der Waals surface area contributed by atoms with Gasteiger partial charge in [-0.25, -0.2) is 0 Å². The molecular weight excluding hydrogens is 400 g/mol. The number of amides is 2. The van der Waals surface area contributed by atoms with Gasteiger partial charge in [-0.3, -0.25) is 9.59 Å². The normalized spacial score (nSPS) is 25.3. The summed E-state index contributed by atoms with van der Waals surface area (Å²) in [5.41, 5.74) is 3.02. The molecule has 5 heteroatoms. The third kappa shape index (κ3) is 3.48. The van der Waals surface area contributed by atoms with E-state index in [0.717, 1.165) is 28.9 Å². The van der Waals surface area contributed by atoms with Gasteiger partial charge in [0.25, 0.3) is 0 Å². The Morgan fingerprint density at radius 2 is 1.84 bits per heavy atom. The quantitative estimate of drug-likeness (QED) is 0.749. The molecule has 1 heterocycles. The second-order valence-electron chi connectivity index (χ2n) is 9.92. The van der Waals surface area contributed by atoms with Crippen molar-refractivity contribution in [2.45, 2.75) is 38.5 Å². The number of carbonyl (C=O) groups is 2. The predicted octanol–water partition coefficient (Wildman–Crippen LogP) is 4.06. The van der Waals surface area contributed by atoms with Crippen molar-refractivity contribution in [3.8, 4) is 16.9 Å². The zero-order chi connectivity index (χ0) is 22.3. The summed E-state index contributed by atoms with van der Waals surface area (Å²) in [5, 5.41) is 2.87. The van der Waals surface area contributed by atoms with Crippen LogP contribution in [0.4, 0.5) is 0 Å². The van der Waals surface area contributed by atoms with Crippen LogP contribution in [0.25, 0.3) is 11.1 Å². The molecule has 3 aliphatic rings. The molecule has 32 heavy (non-hydrogen) atoms. The highest BCUT2D eigenvalue weighted by atomic mass is 16.5. The van der Waals surface area contributed by atoms with Gasteiger partial charge in [0.2, 0.25) is 11.8 Å². The van der Waals surface area contributed by atoms with Crippen molar-refractivity contribution < 1.29 is 14.3 Å². The van der Waals surface area contributed by atoms with E-state index in [1.165, 1.54) is 19.3 Å². The highest BCUT2D eigenvalue weighted by Gasteiger charge is 2.62. The average molecular weight is 433 g/mol. The highest BCUT2D eigenvalue weighted by Crippen LogP contribution is 2.66. The molecule has 2 saturated carbocycles. The first-order valence-electron chi connectivity index (χ1n) is 11.7. The van der Waals surface area contributed by atoms with Gasteiger partial charge in [0.05, 0.1) is 12.5 Å². The number of methoxy groups -OCH3 is 1. The Morgan fingerprint density at radius 1 is 1.09 bits per heavy atom. The molecule has 5 nitrogen and oxygen atoms in total. The summed E-state index contributed by atoms with van der Waals surface area (Å²) in [6, 6.07) is 16.4. The number of likely N-dealkylation sites (tertiary alicyclic amines) is 1. The van der Waals surface area contributed by atoms with Crippen molar-refractivity contribution in [2.24, 2.45) is 16.7 Å². The number of nitrogens with one attached hydrogen (secondary N) is 1. The molecule has 1 saturated heterocycles. The van der Waals surface area contributed by atoms with Crippen LogP contribution in [-0.2, 0) is 16.0 Å². The molecular formula is C27H32N2O3. The minimum atomic E-state index is -0.558. The predicted molar refractivity (Wildman–Crippen MR) is 124 cm³/mol. The van der Waals surface area contributed by atoms with E-state index in [1.807, 2.05) is 29.2 Å². The number of carbonyl (C=O) groups excluding carboxylic acids is 2. The van der Waals surface area contributed by atoms with Gasteiger partial charge in [-0.2, -0.15) is 0 Å². The molecule has 2 atom stereocenters. The van der Waals surface area contributed by atoms with Crippen molar-refractivity contribution in [3.63, 3.8) is 0 Å². The first kappa shape index (κ1) is 21.0. The Balaban J connectivity index is 1.32. The lowest BCUT2D eigenvalue weighted by molar-refractivity contribution is -0.134. The number of para-hydroxylation sites is 1. The SMILES string of the molecule is CNC(=O)[C@@]1(Cc2ccc(-c3ccccc3OC)cc2)CCN(C(=O)[C@@H]2CC23CCC3)C1. The fraction of sp³-hybridized carbons (Fsp3) is 0.481. The lowest BCUT2D eigenvalue weighted by Gasteiger charge is -2.30. The molecule has 2 aliphatic carbocycles. The van der Waals surface area contributed by atoms with Gasteiger partial charge in [-0.1, -0.05) is 48.9 Å². The minimum Gasteiger partial charge on any atom is -0.496 e. The zero-order valence-corrected chi connectivity index (χ0v) is 19.0. The molecule has 0 radical (unpaired) electrons. The van der Waals surface area contributed by atoms with Gasteiger partial charge in [0.15, 0.2) is 0 Å². The molecule has 2 aromatic carbocycles. The first-order valence-corrected chi connectivity index (χ1v) is 11.7. The second-order valence-corrected chi connectivity index (χ2v) is 9.92. The smallest absolute Gasteiger partial charge is 0.228 e. The van der Waals surface area contributed by atoms with Crippen LogP contribution in [0.3, 0.4) is 0 Å². The van der Waals surface area contributed by atoms with E-state index in [1.54, 1.807) is 14.2 Å². The summed E-state index contributed by atoms with van der Waals surface area (Å²) >= 11 is 0. The van der Waals surface area contributed by atoms with Crippen molar-refractivity contribution in [3.05, 3.63) is 54.1 Å². The molecule has 0 aromatic heterocycles. The van der Waals surface area contributed by atoms with E-state index in [0.29, 0.717) is 31.3 Å². The maximum atomic E-state index is 13.1. The highest BCUT2D eigenvalue weighted by molar-refractivity contribution is 5.87. The van der Waals surface area contributed by atoms with E-state index in [9.17, 15) is 9.59 Å². The summed E-state index contributed by atoms with van der Waals surface area (Å²) < 4.78 is 5.49. The fourth-order valence-electron chi connectivity index (χ4n) is 5.91. The van der Waals surface area contributed by atoms with Crippen LogP contribution in [0.15, 0.2) is 48.5 Å². The molecule has 1 spiro atoms. The second kappa shape index (κ2) is 7.95. The van der Waals surface area contributed by atoms with E-state index < -0.39 is 5.41 Å². The van der Waals surface area contributed by atoms with Crippen molar-refractivity contribution in [1.29, 1.82) is 0 Å². The van der Waals surface area contributed by atoms with Crippen molar-refractivity contribution in [2.75, 3.05) is 27.2 Å². The van der Waals surface area contributed by atoms with Gasteiger partial charge >= 0.3 is 0 Å². The monoisotopic (exact) mass is 432 g/mol. The van der Waals surface area contributed by atoms with Crippen molar-refractivity contribution in [1.82, 2.24) is 10.2 Å². The van der Waals surface area contributed by atoms with Crippen LogP contribution >= 0.6 is 0 Å². The Hall–Kier alpha value is -2.82. The molecule has 2 amide bonds. The Bertz CT molecular complexity index is 1030. The summed E-state index contributed by atoms with van der Waals surface area (Å²) in [7, 11) is 3.38. The van der Waals surface area contributed by atoms with Crippen LogP contribution in [-0.4, -0.2) is 44.0 Å². The van der Waals surface area contributed by atoms with Gasteiger partial charge in [0, 0.05) is 31.6 Å². The van der Waals surface area contributed by atoms with Crippen LogP contribution in [0, 0.1) is 16.7 Å². The van der Waals surface area contributed by atoms with Gasteiger partial charge in [-0.05, 0) is 54.7 Å². The van der Waals surface area contributed by atoms with Crippen LogP contribution in [0.5, 0.6) is 5.75 Å². The molecule has 168 valence electrons.